The molecule has 2 aromatic rings. The van der Waals surface area contributed by atoms with Crippen LogP contribution in [-0.4, -0.2) is 41.5 Å². The average molecular weight is 398 g/mol. The number of carbonyl (C=O) groups excluding carboxylic acids is 2. The number of aryl methyl sites for hydroxylation is 1. The SMILES string of the molecule is CCOC(=O)c1c(C)[nH]c(C(=O)NCc2ccccc2CN2CCCCC2)c1C. The zero-order chi connectivity index (χ0) is 20.8. The number of aromatic nitrogens is 1. The van der Waals surface area contributed by atoms with Gasteiger partial charge in [0, 0.05) is 18.8 Å². The third-order valence-electron chi connectivity index (χ3n) is 5.54. The van der Waals surface area contributed by atoms with Gasteiger partial charge in [0.15, 0.2) is 0 Å². The van der Waals surface area contributed by atoms with Crippen molar-refractivity contribution in [3.8, 4) is 0 Å². The molecule has 0 radical (unpaired) electrons. The molecule has 1 saturated heterocycles. The maximum absolute atomic E-state index is 12.8. The number of H-pyrrole nitrogens is 1. The molecule has 156 valence electrons. The number of benzene rings is 1. The van der Waals surface area contributed by atoms with Gasteiger partial charge in [-0.15, -0.1) is 0 Å². The number of ether oxygens (including phenoxy) is 1. The predicted molar refractivity (Wildman–Crippen MR) is 113 cm³/mol. The Labute approximate surface area is 172 Å². The lowest BCUT2D eigenvalue weighted by molar-refractivity contribution is 0.0525. The lowest BCUT2D eigenvalue weighted by Gasteiger charge is -2.27. The highest BCUT2D eigenvalue weighted by molar-refractivity contribution is 6.00. The largest absolute Gasteiger partial charge is 0.462 e. The molecule has 1 aliphatic rings. The predicted octanol–water partition coefficient (Wildman–Crippen LogP) is 3.72. The van der Waals surface area contributed by atoms with Crippen LogP contribution in [0.2, 0.25) is 0 Å². The van der Waals surface area contributed by atoms with Gasteiger partial charge in [-0.3, -0.25) is 9.69 Å². The number of nitrogens with one attached hydrogen (secondary N) is 2. The number of nitrogens with zero attached hydrogens (tertiary/aromatic N) is 1. The minimum absolute atomic E-state index is 0.214. The van der Waals surface area contributed by atoms with Gasteiger partial charge in [-0.1, -0.05) is 30.7 Å². The number of likely N-dealkylation sites (tertiary alicyclic amines) is 1. The van der Waals surface area contributed by atoms with Crippen LogP contribution in [0.15, 0.2) is 24.3 Å². The number of carbonyl (C=O) groups is 2. The van der Waals surface area contributed by atoms with Crippen LogP contribution < -0.4 is 5.32 Å². The van der Waals surface area contributed by atoms with Crippen LogP contribution in [0.5, 0.6) is 0 Å². The smallest absolute Gasteiger partial charge is 0.340 e. The van der Waals surface area contributed by atoms with Crippen molar-refractivity contribution in [1.29, 1.82) is 0 Å². The second-order valence-electron chi connectivity index (χ2n) is 7.63. The highest BCUT2D eigenvalue weighted by Crippen LogP contribution is 2.20. The van der Waals surface area contributed by atoms with E-state index in [1.54, 1.807) is 20.8 Å². The van der Waals surface area contributed by atoms with E-state index in [-0.39, 0.29) is 5.91 Å². The molecular formula is C23H31N3O3. The van der Waals surface area contributed by atoms with Crippen molar-refractivity contribution in [2.45, 2.75) is 53.1 Å². The van der Waals surface area contributed by atoms with E-state index < -0.39 is 5.97 Å². The van der Waals surface area contributed by atoms with E-state index in [1.807, 2.05) is 6.07 Å². The Morgan fingerprint density at radius 3 is 2.48 bits per heavy atom. The fourth-order valence-electron chi connectivity index (χ4n) is 3.99. The number of hydrogen-bond acceptors (Lipinski definition) is 4. The van der Waals surface area contributed by atoms with E-state index in [0.29, 0.717) is 35.7 Å². The molecule has 1 aromatic carbocycles. The van der Waals surface area contributed by atoms with Crippen LogP contribution >= 0.6 is 0 Å². The Morgan fingerprint density at radius 1 is 1.10 bits per heavy atom. The van der Waals surface area contributed by atoms with Crippen molar-refractivity contribution < 1.29 is 14.3 Å². The Morgan fingerprint density at radius 2 is 1.79 bits per heavy atom. The number of aromatic amines is 1. The van der Waals surface area contributed by atoms with E-state index >= 15 is 0 Å². The van der Waals surface area contributed by atoms with Crippen LogP contribution in [0.4, 0.5) is 0 Å². The first kappa shape index (κ1) is 21.1. The molecule has 0 bridgehead atoms. The van der Waals surface area contributed by atoms with E-state index in [4.69, 9.17) is 4.74 Å². The summed E-state index contributed by atoms with van der Waals surface area (Å²) in [5.41, 5.74) is 4.51. The average Bonchev–Trinajstić information content (AvgIpc) is 3.02. The summed E-state index contributed by atoms with van der Waals surface area (Å²) < 4.78 is 5.10. The van der Waals surface area contributed by atoms with Crippen molar-refractivity contribution in [3.63, 3.8) is 0 Å². The van der Waals surface area contributed by atoms with Crippen molar-refractivity contribution in [1.82, 2.24) is 15.2 Å². The second-order valence-corrected chi connectivity index (χ2v) is 7.63. The number of rotatable bonds is 7. The molecule has 6 heteroatoms. The summed E-state index contributed by atoms with van der Waals surface area (Å²) in [6, 6.07) is 8.26. The molecule has 2 N–H and O–H groups in total. The van der Waals surface area contributed by atoms with Crippen molar-refractivity contribution in [3.05, 3.63) is 57.9 Å². The van der Waals surface area contributed by atoms with Gasteiger partial charge in [-0.2, -0.15) is 0 Å². The Hall–Kier alpha value is -2.60. The number of esters is 1. The minimum atomic E-state index is -0.398. The maximum atomic E-state index is 12.8. The van der Waals surface area contributed by atoms with Gasteiger partial charge >= 0.3 is 5.97 Å². The zero-order valence-electron chi connectivity index (χ0n) is 17.6. The minimum Gasteiger partial charge on any atom is -0.462 e. The highest BCUT2D eigenvalue weighted by atomic mass is 16.5. The van der Waals surface area contributed by atoms with Crippen LogP contribution in [-0.2, 0) is 17.8 Å². The first-order chi connectivity index (χ1) is 14.0. The quantitative estimate of drug-likeness (QED) is 0.698. The second kappa shape index (κ2) is 9.74. The number of piperidine rings is 1. The van der Waals surface area contributed by atoms with Gasteiger partial charge < -0.3 is 15.0 Å². The highest BCUT2D eigenvalue weighted by Gasteiger charge is 2.23. The van der Waals surface area contributed by atoms with Gasteiger partial charge in [0.2, 0.25) is 0 Å². The molecule has 0 atom stereocenters. The van der Waals surface area contributed by atoms with Gasteiger partial charge in [0.1, 0.15) is 5.69 Å². The lowest BCUT2D eigenvalue weighted by Crippen LogP contribution is -2.30. The van der Waals surface area contributed by atoms with Gasteiger partial charge in [0.05, 0.1) is 12.2 Å². The van der Waals surface area contributed by atoms with E-state index in [1.165, 1.54) is 24.8 Å². The molecule has 1 aliphatic heterocycles. The molecule has 0 aliphatic carbocycles. The molecule has 0 saturated carbocycles. The summed E-state index contributed by atoms with van der Waals surface area (Å²) in [5.74, 6) is -0.612. The molecule has 1 fully saturated rings. The van der Waals surface area contributed by atoms with E-state index in [0.717, 1.165) is 25.2 Å². The van der Waals surface area contributed by atoms with E-state index in [2.05, 4.69) is 33.4 Å². The van der Waals surface area contributed by atoms with Gasteiger partial charge in [0.25, 0.3) is 5.91 Å². The number of hydrogen-bond donors (Lipinski definition) is 2. The standard InChI is InChI=1S/C23H31N3O3/c1-4-29-23(28)20-16(2)21(25-17(20)3)22(27)24-14-18-10-6-7-11-19(18)15-26-12-8-5-9-13-26/h6-7,10-11,25H,4-5,8-9,12-15H2,1-3H3,(H,24,27). The van der Waals surface area contributed by atoms with Gasteiger partial charge in [-0.25, -0.2) is 4.79 Å². The normalized spacial score (nSPS) is 14.6. The summed E-state index contributed by atoms with van der Waals surface area (Å²) >= 11 is 0. The summed E-state index contributed by atoms with van der Waals surface area (Å²) in [5, 5.41) is 3.00. The third kappa shape index (κ3) is 5.07. The fraction of sp³-hybridized carbons (Fsp3) is 0.478. The summed E-state index contributed by atoms with van der Waals surface area (Å²) in [7, 11) is 0. The summed E-state index contributed by atoms with van der Waals surface area (Å²) in [6.07, 6.45) is 3.83. The molecule has 0 unspecified atom stereocenters. The molecule has 1 amide bonds. The van der Waals surface area contributed by atoms with Gasteiger partial charge in [-0.05, 0) is 63.4 Å². The van der Waals surface area contributed by atoms with Crippen molar-refractivity contribution in [2.24, 2.45) is 0 Å². The molecule has 0 spiro atoms. The number of amides is 1. The zero-order valence-corrected chi connectivity index (χ0v) is 17.6. The summed E-state index contributed by atoms with van der Waals surface area (Å²) in [4.78, 5) is 30.5. The molecular weight excluding hydrogens is 366 g/mol. The topological polar surface area (TPSA) is 74.4 Å². The maximum Gasteiger partial charge on any atom is 0.340 e. The van der Waals surface area contributed by atoms with Crippen LogP contribution in [0.3, 0.4) is 0 Å². The molecule has 3 rings (SSSR count). The van der Waals surface area contributed by atoms with E-state index in [9.17, 15) is 9.59 Å². The molecule has 29 heavy (non-hydrogen) atoms. The van der Waals surface area contributed by atoms with Crippen LogP contribution in [0.25, 0.3) is 0 Å². The Balaban J connectivity index is 1.68. The van der Waals surface area contributed by atoms with Crippen molar-refractivity contribution in [2.75, 3.05) is 19.7 Å². The third-order valence-corrected chi connectivity index (χ3v) is 5.54. The lowest BCUT2D eigenvalue weighted by atomic mass is 10.0. The molecule has 1 aromatic heterocycles. The summed E-state index contributed by atoms with van der Waals surface area (Å²) in [6.45, 7) is 9.27. The Kier molecular flexibility index (Phi) is 7.09. The van der Waals surface area contributed by atoms with Crippen LogP contribution in [0, 0.1) is 13.8 Å². The monoisotopic (exact) mass is 397 g/mol. The first-order valence-electron chi connectivity index (χ1n) is 10.4. The molecule has 2 heterocycles. The fourth-order valence-corrected chi connectivity index (χ4v) is 3.99. The first-order valence-corrected chi connectivity index (χ1v) is 10.4. The van der Waals surface area contributed by atoms with Crippen molar-refractivity contribution >= 4 is 11.9 Å². The van der Waals surface area contributed by atoms with Crippen LogP contribution in [0.1, 0.15) is 69.4 Å². The molecule has 6 nitrogen and oxygen atoms in total. The Bertz CT molecular complexity index is 866.